The first-order valence-electron chi connectivity index (χ1n) is 6.70. The Hall–Kier alpha value is -1.81. The number of rotatable bonds is 4. The summed E-state index contributed by atoms with van der Waals surface area (Å²) in [7, 11) is 1.94. The molecule has 1 unspecified atom stereocenters. The van der Waals surface area contributed by atoms with Gasteiger partial charge in [-0.25, -0.2) is 0 Å². The highest BCUT2D eigenvalue weighted by Gasteiger charge is 2.14. The molecule has 1 N–H and O–H groups in total. The van der Waals surface area contributed by atoms with Gasteiger partial charge in [0.2, 0.25) is 0 Å². The maximum Gasteiger partial charge on any atom is 0.122 e. The molecule has 2 heterocycles. The average molecular weight is 257 g/mol. The minimum atomic E-state index is 0.313. The molecule has 4 heteroatoms. The van der Waals surface area contributed by atoms with Gasteiger partial charge in [-0.15, -0.1) is 0 Å². The molecule has 19 heavy (non-hydrogen) atoms. The summed E-state index contributed by atoms with van der Waals surface area (Å²) in [4.78, 5) is 0. The highest BCUT2D eigenvalue weighted by atomic mass is 16.5. The zero-order chi connectivity index (χ0) is 13.2. The van der Waals surface area contributed by atoms with Gasteiger partial charge in [0.25, 0.3) is 0 Å². The van der Waals surface area contributed by atoms with E-state index in [1.807, 2.05) is 24.0 Å². The van der Waals surface area contributed by atoms with E-state index in [1.165, 1.54) is 11.1 Å². The molecule has 1 aromatic heterocycles. The summed E-state index contributed by atoms with van der Waals surface area (Å²) in [6.45, 7) is 3.78. The van der Waals surface area contributed by atoms with Crippen molar-refractivity contribution in [2.45, 2.75) is 25.9 Å². The summed E-state index contributed by atoms with van der Waals surface area (Å²) in [5, 5.41) is 7.87. The highest BCUT2D eigenvalue weighted by molar-refractivity contribution is 5.40. The van der Waals surface area contributed by atoms with Crippen molar-refractivity contribution < 1.29 is 4.74 Å². The van der Waals surface area contributed by atoms with E-state index < -0.39 is 0 Å². The van der Waals surface area contributed by atoms with Crippen molar-refractivity contribution in [3.63, 3.8) is 0 Å². The second-order valence-corrected chi connectivity index (χ2v) is 5.05. The lowest BCUT2D eigenvalue weighted by Crippen LogP contribution is -2.18. The quantitative estimate of drug-likeness (QED) is 0.912. The Labute approximate surface area is 113 Å². The molecule has 0 aliphatic carbocycles. The zero-order valence-corrected chi connectivity index (χ0v) is 11.4. The van der Waals surface area contributed by atoms with Crippen LogP contribution in [0.25, 0.3) is 0 Å². The Kier molecular flexibility index (Phi) is 3.25. The first-order chi connectivity index (χ1) is 9.22. The monoisotopic (exact) mass is 257 g/mol. The van der Waals surface area contributed by atoms with Crippen LogP contribution in [0.2, 0.25) is 0 Å². The van der Waals surface area contributed by atoms with Gasteiger partial charge >= 0.3 is 0 Å². The predicted molar refractivity (Wildman–Crippen MR) is 74.1 cm³/mol. The van der Waals surface area contributed by atoms with Crippen LogP contribution in [-0.4, -0.2) is 16.4 Å². The highest BCUT2D eigenvalue weighted by Crippen LogP contribution is 2.28. The van der Waals surface area contributed by atoms with Crippen molar-refractivity contribution in [3.8, 4) is 5.75 Å². The Morgan fingerprint density at radius 2 is 2.32 bits per heavy atom. The van der Waals surface area contributed by atoms with Crippen LogP contribution in [-0.2, 0) is 20.0 Å². The molecule has 1 aromatic carbocycles. The van der Waals surface area contributed by atoms with Gasteiger partial charge in [0.15, 0.2) is 0 Å². The Balaban J connectivity index is 1.65. The van der Waals surface area contributed by atoms with E-state index in [0.717, 1.165) is 31.0 Å². The van der Waals surface area contributed by atoms with Crippen molar-refractivity contribution in [2.75, 3.05) is 6.61 Å². The summed E-state index contributed by atoms with van der Waals surface area (Å²) in [6.07, 6.45) is 2.99. The van der Waals surface area contributed by atoms with Gasteiger partial charge in [0.05, 0.1) is 12.3 Å². The second-order valence-electron chi connectivity index (χ2n) is 5.05. The lowest BCUT2D eigenvalue weighted by atomic mass is 10.0. The van der Waals surface area contributed by atoms with E-state index in [-0.39, 0.29) is 0 Å². The van der Waals surface area contributed by atoms with E-state index >= 15 is 0 Å². The molecule has 0 saturated carbocycles. The van der Waals surface area contributed by atoms with Gasteiger partial charge < -0.3 is 10.1 Å². The molecule has 0 spiro atoms. The maximum absolute atomic E-state index is 5.53. The number of fused-ring (bicyclic) bond motifs is 1. The molecule has 3 rings (SSSR count). The van der Waals surface area contributed by atoms with Crippen LogP contribution >= 0.6 is 0 Å². The van der Waals surface area contributed by atoms with Crippen molar-refractivity contribution >= 4 is 0 Å². The SMILES string of the molecule is CC(NCc1ccn(C)n1)c1ccc2c(c1)CCO2. The molecule has 0 amide bonds. The molecular weight excluding hydrogens is 238 g/mol. The van der Waals surface area contributed by atoms with Gasteiger partial charge in [0, 0.05) is 32.3 Å². The molecule has 0 saturated heterocycles. The van der Waals surface area contributed by atoms with Crippen LogP contribution in [0.1, 0.15) is 29.8 Å². The molecule has 2 aromatic rings. The van der Waals surface area contributed by atoms with Crippen molar-refractivity contribution in [1.29, 1.82) is 0 Å². The van der Waals surface area contributed by atoms with E-state index in [0.29, 0.717) is 6.04 Å². The Morgan fingerprint density at radius 3 is 3.11 bits per heavy atom. The smallest absolute Gasteiger partial charge is 0.122 e. The van der Waals surface area contributed by atoms with Crippen LogP contribution in [0.5, 0.6) is 5.75 Å². The van der Waals surface area contributed by atoms with Crippen LogP contribution in [0.15, 0.2) is 30.5 Å². The summed E-state index contributed by atoms with van der Waals surface area (Å²) in [5.41, 5.74) is 3.70. The van der Waals surface area contributed by atoms with Crippen molar-refractivity contribution in [3.05, 3.63) is 47.3 Å². The summed E-state index contributed by atoms with van der Waals surface area (Å²) in [5.74, 6) is 1.04. The minimum absolute atomic E-state index is 0.313. The molecule has 0 radical (unpaired) electrons. The molecule has 1 aliphatic heterocycles. The lowest BCUT2D eigenvalue weighted by molar-refractivity contribution is 0.356. The zero-order valence-electron chi connectivity index (χ0n) is 11.4. The number of hydrogen-bond donors (Lipinski definition) is 1. The Morgan fingerprint density at radius 1 is 1.42 bits per heavy atom. The third-order valence-corrected chi connectivity index (χ3v) is 3.57. The number of benzene rings is 1. The van der Waals surface area contributed by atoms with Crippen LogP contribution < -0.4 is 10.1 Å². The molecule has 0 fully saturated rings. The van der Waals surface area contributed by atoms with Crippen LogP contribution in [0, 0.1) is 0 Å². The molecule has 1 atom stereocenters. The van der Waals surface area contributed by atoms with Gasteiger partial charge in [-0.2, -0.15) is 5.10 Å². The number of hydrogen-bond acceptors (Lipinski definition) is 3. The fraction of sp³-hybridized carbons (Fsp3) is 0.400. The third kappa shape index (κ3) is 2.63. The lowest BCUT2D eigenvalue weighted by Gasteiger charge is -2.14. The van der Waals surface area contributed by atoms with Crippen molar-refractivity contribution in [1.82, 2.24) is 15.1 Å². The largest absolute Gasteiger partial charge is 0.493 e. The first kappa shape index (κ1) is 12.2. The number of ether oxygens (including phenoxy) is 1. The first-order valence-corrected chi connectivity index (χ1v) is 6.70. The number of nitrogens with zero attached hydrogens (tertiary/aromatic N) is 2. The standard InChI is InChI=1S/C15H19N3O/c1-11(16-10-14-5-7-18(2)17-14)12-3-4-15-13(9-12)6-8-19-15/h3-5,7,9,11,16H,6,8,10H2,1-2H3. The average Bonchev–Trinajstić information content (AvgIpc) is 3.03. The molecule has 100 valence electrons. The van der Waals surface area contributed by atoms with E-state index in [9.17, 15) is 0 Å². The summed E-state index contributed by atoms with van der Waals surface area (Å²) >= 11 is 0. The number of nitrogens with one attached hydrogen (secondary N) is 1. The number of aromatic nitrogens is 2. The number of aryl methyl sites for hydroxylation is 1. The van der Waals surface area contributed by atoms with Gasteiger partial charge in [-0.3, -0.25) is 4.68 Å². The fourth-order valence-electron chi connectivity index (χ4n) is 2.41. The topological polar surface area (TPSA) is 39.1 Å². The second kappa shape index (κ2) is 5.05. The predicted octanol–water partition coefficient (Wildman–Crippen LogP) is 2.21. The normalized spacial score (nSPS) is 15.1. The van der Waals surface area contributed by atoms with Crippen LogP contribution in [0.3, 0.4) is 0 Å². The van der Waals surface area contributed by atoms with Gasteiger partial charge in [-0.1, -0.05) is 12.1 Å². The van der Waals surface area contributed by atoms with E-state index in [1.54, 1.807) is 0 Å². The third-order valence-electron chi connectivity index (χ3n) is 3.57. The van der Waals surface area contributed by atoms with Crippen molar-refractivity contribution in [2.24, 2.45) is 7.05 Å². The fourth-order valence-corrected chi connectivity index (χ4v) is 2.41. The molecule has 0 bridgehead atoms. The molecular formula is C15H19N3O. The van der Waals surface area contributed by atoms with Gasteiger partial charge in [0.1, 0.15) is 5.75 Å². The van der Waals surface area contributed by atoms with Gasteiger partial charge in [-0.05, 0) is 30.2 Å². The Bertz CT molecular complexity index is 577. The molecule has 4 nitrogen and oxygen atoms in total. The molecule has 1 aliphatic rings. The van der Waals surface area contributed by atoms with E-state index in [4.69, 9.17) is 4.74 Å². The minimum Gasteiger partial charge on any atom is -0.493 e. The maximum atomic E-state index is 5.53. The summed E-state index contributed by atoms with van der Waals surface area (Å²) < 4.78 is 7.36. The van der Waals surface area contributed by atoms with Crippen LogP contribution in [0.4, 0.5) is 0 Å². The van der Waals surface area contributed by atoms with E-state index in [2.05, 4.69) is 35.5 Å². The summed E-state index contributed by atoms with van der Waals surface area (Å²) in [6, 6.07) is 8.82.